The van der Waals surface area contributed by atoms with Gasteiger partial charge in [0, 0.05) is 52.9 Å². The summed E-state index contributed by atoms with van der Waals surface area (Å²) in [7, 11) is 0. The Morgan fingerprint density at radius 2 is 0.896 bits per heavy atom. The fourth-order valence-corrected chi connectivity index (χ4v) is 6.50. The molecule has 1 aliphatic heterocycles. The number of rotatable bonds is 0. The van der Waals surface area contributed by atoms with Crippen LogP contribution in [0.1, 0.15) is 117 Å². The van der Waals surface area contributed by atoms with Crippen LogP contribution in [0.2, 0.25) is 0 Å². The molecule has 9 heteroatoms. The molecule has 1 aliphatic rings. The molecule has 0 saturated carbocycles. The van der Waals surface area contributed by atoms with Gasteiger partial charge in [-0.2, -0.15) is 0 Å². The Balaban J connectivity index is 0.00000401. The summed E-state index contributed by atoms with van der Waals surface area (Å²) in [6, 6.07) is 8.81. The van der Waals surface area contributed by atoms with Gasteiger partial charge < -0.3 is 19.1 Å². The quantitative estimate of drug-likeness (QED) is 0.116. The van der Waals surface area contributed by atoms with Crippen LogP contribution in [0, 0.1) is 12.4 Å². The van der Waals surface area contributed by atoms with E-state index in [1.807, 2.05) is 9.13 Å². The van der Waals surface area contributed by atoms with Gasteiger partial charge in [-0.25, -0.2) is 0 Å². The van der Waals surface area contributed by atoms with Crippen LogP contribution in [0.25, 0.3) is 34.0 Å². The van der Waals surface area contributed by atoms with Crippen LogP contribution in [-0.2, 0) is 47.5 Å². The molecule has 0 atom stereocenters. The summed E-state index contributed by atoms with van der Waals surface area (Å²) in [6.45, 7) is 26.8. The van der Waals surface area contributed by atoms with Crippen LogP contribution < -0.4 is 0 Å². The van der Waals surface area contributed by atoms with E-state index in [2.05, 4.69) is 120 Å². The van der Waals surface area contributed by atoms with Crippen molar-refractivity contribution in [1.29, 1.82) is 0 Å². The maximum absolute atomic E-state index is 5.39. The third-order valence-electron chi connectivity index (χ3n) is 10.6. The molecular formula is C39H44N8Pd. The minimum atomic E-state index is -0.570. The summed E-state index contributed by atoms with van der Waals surface area (Å²) in [6.07, 6.45) is 14.5. The maximum atomic E-state index is 5.39. The molecule has 0 aromatic carbocycles. The molecule has 7 heterocycles. The molecule has 0 amide bonds. The van der Waals surface area contributed by atoms with Gasteiger partial charge in [-0.1, -0.05) is 105 Å². The number of hydrogen-bond donors (Lipinski definition) is 0. The van der Waals surface area contributed by atoms with Crippen LogP contribution in [-0.4, -0.2) is 39.0 Å². The molecule has 0 aliphatic carbocycles. The average molecular weight is 731 g/mol. The zero-order valence-corrected chi connectivity index (χ0v) is 31.6. The molecule has 8 nitrogen and oxygen atoms in total. The third kappa shape index (κ3) is 5.04. The molecule has 0 fully saturated rings. The van der Waals surface area contributed by atoms with E-state index < -0.39 is 16.2 Å². The molecule has 0 radical (unpaired) electrons. The second-order valence-electron chi connectivity index (χ2n) is 16.7. The minimum absolute atomic E-state index is 0. The van der Waals surface area contributed by atoms with Crippen molar-refractivity contribution in [2.24, 2.45) is 0 Å². The summed E-state index contributed by atoms with van der Waals surface area (Å²) in [5.74, 6) is 1.53. The van der Waals surface area contributed by atoms with Gasteiger partial charge in [-0.05, 0) is 69.8 Å². The number of fused-ring (bicyclic) bond motifs is 16. The Bertz CT molecular complexity index is 2050. The van der Waals surface area contributed by atoms with Crippen molar-refractivity contribution in [1.82, 2.24) is 39.0 Å². The number of nitrogens with zero attached hydrogens (tertiary/aromatic N) is 8. The molecule has 0 unspecified atom stereocenters. The molecule has 8 bridgehead atoms. The smallest absolute Gasteiger partial charge is 0.412 e. The van der Waals surface area contributed by atoms with Gasteiger partial charge in [0.15, 0.2) is 0 Å². The first-order valence-corrected chi connectivity index (χ1v) is 16.4. The Kier molecular flexibility index (Phi) is 7.71. The van der Waals surface area contributed by atoms with Crippen molar-refractivity contribution in [3.8, 4) is 11.6 Å². The largest absolute Gasteiger partial charge is 2.00 e. The Morgan fingerprint density at radius 3 is 1.25 bits per heavy atom. The molecule has 0 N–H and O–H groups in total. The topological polar surface area (TPSA) is 87.2 Å². The summed E-state index contributed by atoms with van der Waals surface area (Å²) < 4.78 is 4.00. The molecule has 0 spiro atoms. The van der Waals surface area contributed by atoms with Crippen LogP contribution in [0.15, 0.2) is 49.1 Å². The summed E-state index contributed by atoms with van der Waals surface area (Å²) in [5, 5.41) is 0. The van der Waals surface area contributed by atoms with E-state index in [0.29, 0.717) is 0 Å². The monoisotopic (exact) mass is 730 g/mol. The fourth-order valence-electron chi connectivity index (χ4n) is 6.50. The molecule has 0 saturated heterocycles. The summed E-state index contributed by atoms with van der Waals surface area (Å²) >= 11 is 0. The Hall–Kier alpha value is -3.80. The van der Waals surface area contributed by atoms with Gasteiger partial charge in [-0.3, -0.25) is 19.9 Å². The number of pyridine rings is 2. The van der Waals surface area contributed by atoms with Crippen LogP contribution in [0.3, 0.4) is 0 Å². The molecule has 7 rings (SSSR count). The van der Waals surface area contributed by atoms with Crippen LogP contribution >= 0.6 is 0 Å². The standard InChI is InChI=1S/C39H44N8.Pd/c1-35(2,3)23-17-27-37(7,8)28-18-24(36(4,5)6)20-30(45-28)47-22-26(32-34(47)43-16-14-41-32)39(11,12)38(9,10)25-21-46(29(19-23)44-27)33-31(25)40-13-15-42-33;/h13-20H,1-12H3;/q-2;+2. The first-order chi connectivity index (χ1) is 21.8. The zero-order chi connectivity index (χ0) is 33.9. The fraction of sp³-hybridized carbons (Fsp3) is 0.436. The third-order valence-corrected chi connectivity index (χ3v) is 10.6. The number of hydrogen-bond acceptors (Lipinski definition) is 6. The molecule has 6 aromatic rings. The van der Waals surface area contributed by atoms with E-state index in [4.69, 9.17) is 29.9 Å². The summed E-state index contributed by atoms with van der Waals surface area (Å²) in [4.78, 5) is 30.3. The molecule has 250 valence electrons. The van der Waals surface area contributed by atoms with E-state index in [-0.39, 0.29) is 31.3 Å². The van der Waals surface area contributed by atoms with Crippen molar-refractivity contribution in [2.75, 3.05) is 0 Å². The van der Waals surface area contributed by atoms with Gasteiger partial charge in [0.1, 0.15) is 0 Å². The van der Waals surface area contributed by atoms with Gasteiger partial charge in [0.05, 0.1) is 11.6 Å². The van der Waals surface area contributed by atoms with Gasteiger partial charge in [-0.15, -0.1) is 0 Å². The molecule has 48 heavy (non-hydrogen) atoms. The average Bonchev–Trinajstić information content (AvgIpc) is 3.60. The van der Waals surface area contributed by atoms with Gasteiger partial charge >= 0.3 is 20.4 Å². The minimum Gasteiger partial charge on any atom is -0.412 e. The summed E-state index contributed by atoms with van der Waals surface area (Å²) in [5.41, 5.74) is 7.30. The molecule has 6 aromatic heterocycles. The normalized spacial score (nSPS) is 16.7. The predicted octanol–water partition coefficient (Wildman–Crippen LogP) is 8.03. The van der Waals surface area contributed by atoms with Crippen LogP contribution in [0.5, 0.6) is 0 Å². The van der Waals surface area contributed by atoms with Crippen molar-refractivity contribution in [3.63, 3.8) is 0 Å². The zero-order valence-electron chi connectivity index (χ0n) is 30.0. The maximum Gasteiger partial charge on any atom is 2.00 e. The Morgan fingerprint density at radius 1 is 0.542 bits per heavy atom. The van der Waals surface area contributed by atoms with E-state index in [1.165, 1.54) is 11.1 Å². The van der Waals surface area contributed by atoms with Crippen molar-refractivity contribution >= 4 is 22.3 Å². The first-order valence-electron chi connectivity index (χ1n) is 16.4. The van der Waals surface area contributed by atoms with Crippen molar-refractivity contribution < 1.29 is 20.4 Å². The van der Waals surface area contributed by atoms with Gasteiger partial charge in [0.2, 0.25) is 0 Å². The second kappa shape index (κ2) is 10.9. The second-order valence-corrected chi connectivity index (χ2v) is 16.7. The van der Waals surface area contributed by atoms with Crippen LogP contribution in [0.4, 0.5) is 0 Å². The predicted molar refractivity (Wildman–Crippen MR) is 187 cm³/mol. The van der Waals surface area contributed by atoms with E-state index in [9.17, 15) is 0 Å². The van der Waals surface area contributed by atoms with E-state index >= 15 is 0 Å². The van der Waals surface area contributed by atoms with Crippen molar-refractivity contribution in [2.45, 2.75) is 110 Å². The van der Waals surface area contributed by atoms with Crippen molar-refractivity contribution in [3.05, 3.63) is 95.1 Å². The SMILES string of the molecule is CC(C)(C)c1cc2nc(c1)C(C)(C)c1cc(C(C)(C)C)cc(n1)-n1[c-]c(c3nccnc31)C(C)(C)C(C)(C)c1[c-]n-2c2nccnc12.[Pd+2]. The molecular weight excluding hydrogens is 687 g/mol. The Labute approximate surface area is 297 Å². The number of aromatic nitrogens is 8. The van der Waals surface area contributed by atoms with Gasteiger partial charge in [0.25, 0.3) is 0 Å². The first kappa shape index (κ1) is 34.1. The van der Waals surface area contributed by atoms with E-state index in [1.54, 1.807) is 24.8 Å². The van der Waals surface area contributed by atoms with E-state index in [0.717, 1.165) is 56.5 Å².